The fourth-order valence-electron chi connectivity index (χ4n) is 2.04. The first-order valence-electron chi connectivity index (χ1n) is 6.17. The molecule has 2 heteroatoms. The van der Waals surface area contributed by atoms with Crippen LogP contribution in [0.2, 0.25) is 0 Å². The number of benzene rings is 2. The van der Waals surface area contributed by atoms with Gasteiger partial charge in [0.1, 0.15) is 5.82 Å². The number of nitrogens with one attached hydrogen (secondary N) is 1. The Morgan fingerprint density at radius 1 is 1.00 bits per heavy atom. The second kappa shape index (κ2) is 5.21. The maximum Gasteiger partial charge on any atom is 0.128 e. The lowest BCUT2D eigenvalue weighted by atomic mass is 10.0. The summed E-state index contributed by atoms with van der Waals surface area (Å²) < 4.78 is 13.7. The van der Waals surface area contributed by atoms with Crippen LogP contribution < -0.4 is 5.32 Å². The molecule has 0 saturated carbocycles. The van der Waals surface area contributed by atoms with E-state index in [0.717, 1.165) is 5.69 Å². The molecular formula is C16H18FN. The molecule has 2 rings (SSSR count). The number of aryl methyl sites for hydroxylation is 1. The molecule has 1 unspecified atom stereocenters. The molecule has 0 aliphatic carbocycles. The Bertz CT molecular complexity index is 549. The highest BCUT2D eigenvalue weighted by molar-refractivity contribution is 5.54. The van der Waals surface area contributed by atoms with Crippen molar-refractivity contribution in [3.63, 3.8) is 0 Å². The van der Waals surface area contributed by atoms with Gasteiger partial charge in [-0.1, -0.05) is 30.3 Å². The lowest BCUT2D eigenvalue weighted by Crippen LogP contribution is -2.09. The molecule has 0 radical (unpaired) electrons. The Balaban J connectivity index is 2.24. The zero-order valence-electron chi connectivity index (χ0n) is 11.0. The van der Waals surface area contributed by atoms with Gasteiger partial charge in [-0.15, -0.1) is 0 Å². The van der Waals surface area contributed by atoms with Crippen LogP contribution in [0, 0.1) is 19.7 Å². The number of anilines is 1. The van der Waals surface area contributed by atoms with Crippen molar-refractivity contribution < 1.29 is 4.39 Å². The van der Waals surface area contributed by atoms with Gasteiger partial charge in [0.15, 0.2) is 0 Å². The predicted molar refractivity (Wildman–Crippen MR) is 74.4 cm³/mol. The maximum atomic E-state index is 13.7. The number of halogens is 1. The molecule has 0 spiro atoms. The normalized spacial score (nSPS) is 12.2. The second-order valence-corrected chi connectivity index (χ2v) is 4.64. The quantitative estimate of drug-likeness (QED) is 0.829. The average molecular weight is 243 g/mol. The lowest BCUT2D eigenvalue weighted by molar-refractivity contribution is 0.600. The Morgan fingerprint density at radius 3 is 2.44 bits per heavy atom. The van der Waals surface area contributed by atoms with Gasteiger partial charge in [-0.05, 0) is 44.0 Å². The van der Waals surface area contributed by atoms with Gasteiger partial charge < -0.3 is 5.32 Å². The third-order valence-electron chi connectivity index (χ3n) is 3.35. The number of hydrogen-bond donors (Lipinski definition) is 1. The van der Waals surface area contributed by atoms with Crippen LogP contribution in [0.25, 0.3) is 0 Å². The van der Waals surface area contributed by atoms with Crippen LogP contribution in [0.4, 0.5) is 10.1 Å². The van der Waals surface area contributed by atoms with Crippen LogP contribution in [0.5, 0.6) is 0 Å². The third-order valence-corrected chi connectivity index (χ3v) is 3.35. The van der Waals surface area contributed by atoms with Crippen molar-refractivity contribution >= 4 is 5.69 Å². The van der Waals surface area contributed by atoms with Crippen LogP contribution in [0.3, 0.4) is 0 Å². The first kappa shape index (κ1) is 12.6. The van der Waals surface area contributed by atoms with E-state index in [9.17, 15) is 4.39 Å². The van der Waals surface area contributed by atoms with Crippen molar-refractivity contribution in [3.05, 3.63) is 65.0 Å². The minimum absolute atomic E-state index is 0.0494. The highest BCUT2D eigenvalue weighted by Crippen LogP contribution is 2.25. The van der Waals surface area contributed by atoms with Gasteiger partial charge >= 0.3 is 0 Å². The molecule has 0 fully saturated rings. The van der Waals surface area contributed by atoms with E-state index in [2.05, 4.69) is 25.2 Å². The fourth-order valence-corrected chi connectivity index (χ4v) is 2.04. The first-order valence-corrected chi connectivity index (χ1v) is 6.17. The van der Waals surface area contributed by atoms with Gasteiger partial charge in [-0.2, -0.15) is 0 Å². The molecule has 2 aromatic carbocycles. The zero-order valence-corrected chi connectivity index (χ0v) is 11.0. The predicted octanol–water partition coefficient (Wildman–Crippen LogP) is 4.62. The van der Waals surface area contributed by atoms with Crippen molar-refractivity contribution in [2.75, 3.05) is 5.32 Å². The molecule has 1 atom stereocenters. The van der Waals surface area contributed by atoms with E-state index in [1.54, 1.807) is 6.07 Å². The van der Waals surface area contributed by atoms with Crippen molar-refractivity contribution in [2.24, 2.45) is 0 Å². The van der Waals surface area contributed by atoms with Gasteiger partial charge in [-0.3, -0.25) is 0 Å². The Morgan fingerprint density at radius 2 is 1.72 bits per heavy atom. The Labute approximate surface area is 108 Å². The summed E-state index contributed by atoms with van der Waals surface area (Å²) in [5, 5.41) is 3.37. The Kier molecular flexibility index (Phi) is 3.66. The van der Waals surface area contributed by atoms with Gasteiger partial charge in [-0.25, -0.2) is 4.39 Å². The van der Waals surface area contributed by atoms with Gasteiger partial charge in [0, 0.05) is 11.3 Å². The lowest BCUT2D eigenvalue weighted by Gasteiger charge is -2.18. The summed E-state index contributed by atoms with van der Waals surface area (Å²) in [5.74, 6) is -0.164. The van der Waals surface area contributed by atoms with Crippen LogP contribution in [-0.2, 0) is 0 Å². The van der Waals surface area contributed by atoms with Crippen LogP contribution in [0.1, 0.15) is 29.7 Å². The summed E-state index contributed by atoms with van der Waals surface area (Å²) in [6.07, 6.45) is 0. The molecule has 0 heterocycles. The summed E-state index contributed by atoms with van der Waals surface area (Å²) >= 11 is 0. The summed E-state index contributed by atoms with van der Waals surface area (Å²) in [6.45, 7) is 6.13. The van der Waals surface area contributed by atoms with Crippen molar-refractivity contribution in [1.29, 1.82) is 0 Å². The van der Waals surface area contributed by atoms with E-state index in [0.29, 0.717) is 5.56 Å². The zero-order chi connectivity index (χ0) is 13.1. The number of hydrogen-bond acceptors (Lipinski definition) is 1. The van der Waals surface area contributed by atoms with E-state index in [1.807, 2.05) is 31.2 Å². The van der Waals surface area contributed by atoms with E-state index in [-0.39, 0.29) is 11.9 Å². The van der Waals surface area contributed by atoms with Crippen molar-refractivity contribution in [1.82, 2.24) is 0 Å². The Hall–Kier alpha value is -1.83. The van der Waals surface area contributed by atoms with Gasteiger partial charge in [0.05, 0.1) is 6.04 Å². The molecular weight excluding hydrogens is 225 g/mol. The fraction of sp³-hybridized carbons (Fsp3) is 0.250. The average Bonchev–Trinajstić information content (AvgIpc) is 2.35. The number of rotatable bonds is 3. The van der Waals surface area contributed by atoms with Crippen LogP contribution in [-0.4, -0.2) is 0 Å². The second-order valence-electron chi connectivity index (χ2n) is 4.64. The summed E-state index contributed by atoms with van der Waals surface area (Å²) in [5.41, 5.74) is 4.20. The molecule has 1 nitrogen and oxygen atoms in total. The molecule has 0 aromatic heterocycles. The molecule has 18 heavy (non-hydrogen) atoms. The largest absolute Gasteiger partial charge is 0.378 e. The molecule has 0 amide bonds. The summed E-state index contributed by atoms with van der Waals surface area (Å²) in [6, 6.07) is 13.0. The molecule has 2 aromatic rings. The van der Waals surface area contributed by atoms with Crippen molar-refractivity contribution in [2.45, 2.75) is 26.8 Å². The molecule has 0 saturated heterocycles. The molecule has 0 aliphatic heterocycles. The van der Waals surface area contributed by atoms with E-state index in [1.165, 1.54) is 17.2 Å². The van der Waals surface area contributed by atoms with Gasteiger partial charge in [0.25, 0.3) is 0 Å². The smallest absolute Gasteiger partial charge is 0.128 e. The van der Waals surface area contributed by atoms with Crippen LogP contribution >= 0.6 is 0 Å². The standard InChI is InChI=1S/C16H18FN/c1-11-7-6-10-16(12(11)2)18-13(3)14-8-4-5-9-15(14)17/h4-10,13,18H,1-3H3. The minimum Gasteiger partial charge on any atom is -0.378 e. The van der Waals surface area contributed by atoms with Crippen molar-refractivity contribution in [3.8, 4) is 0 Å². The summed E-state index contributed by atoms with van der Waals surface area (Å²) in [7, 11) is 0. The minimum atomic E-state index is -0.164. The topological polar surface area (TPSA) is 12.0 Å². The van der Waals surface area contributed by atoms with E-state index in [4.69, 9.17) is 0 Å². The molecule has 94 valence electrons. The molecule has 0 bridgehead atoms. The highest BCUT2D eigenvalue weighted by Gasteiger charge is 2.11. The van der Waals surface area contributed by atoms with E-state index >= 15 is 0 Å². The molecule has 0 aliphatic rings. The monoisotopic (exact) mass is 243 g/mol. The molecule has 1 N–H and O–H groups in total. The highest BCUT2D eigenvalue weighted by atomic mass is 19.1. The van der Waals surface area contributed by atoms with Crippen LogP contribution in [0.15, 0.2) is 42.5 Å². The SMILES string of the molecule is Cc1cccc(NC(C)c2ccccc2F)c1C. The first-order chi connectivity index (χ1) is 8.59. The van der Waals surface area contributed by atoms with E-state index < -0.39 is 0 Å². The third kappa shape index (κ3) is 2.53. The van der Waals surface area contributed by atoms with Gasteiger partial charge in [0.2, 0.25) is 0 Å². The summed E-state index contributed by atoms with van der Waals surface area (Å²) in [4.78, 5) is 0. The maximum absolute atomic E-state index is 13.7.